The van der Waals surface area contributed by atoms with Crippen LogP contribution in [0.2, 0.25) is 0 Å². The van der Waals surface area contributed by atoms with Crippen LogP contribution in [0.1, 0.15) is 44.2 Å². The van der Waals surface area contributed by atoms with Gasteiger partial charge in [0.1, 0.15) is 0 Å². The van der Waals surface area contributed by atoms with Gasteiger partial charge in [-0.15, -0.1) is 0 Å². The highest BCUT2D eigenvalue weighted by Gasteiger charge is 2.28. The molecule has 144 valence electrons. The molecule has 0 atom stereocenters. The Bertz CT molecular complexity index is 706. The number of carbonyl (C=O) groups is 1. The van der Waals surface area contributed by atoms with Gasteiger partial charge in [0.05, 0.1) is 0 Å². The van der Waals surface area contributed by atoms with E-state index in [1.165, 1.54) is 11.1 Å². The fourth-order valence-corrected chi connectivity index (χ4v) is 3.86. The van der Waals surface area contributed by atoms with Crippen molar-refractivity contribution in [2.24, 2.45) is 0 Å². The molecule has 2 aromatic rings. The van der Waals surface area contributed by atoms with Crippen molar-refractivity contribution < 1.29 is 4.79 Å². The summed E-state index contributed by atoms with van der Waals surface area (Å²) in [6.45, 7) is 7.29. The third-order valence-electron chi connectivity index (χ3n) is 5.58. The molecule has 3 rings (SSSR count). The number of aromatic nitrogens is 1. The number of pyridine rings is 1. The maximum absolute atomic E-state index is 12.7. The van der Waals surface area contributed by atoms with E-state index in [4.69, 9.17) is 0 Å². The quantitative estimate of drug-likeness (QED) is 0.741. The van der Waals surface area contributed by atoms with Gasteiger partial charge in [-0.2, -0.15) is 0 Å². The van der Waals surface area contributed by atoms with Crippen molar-refractivity contribution in [2.45, 2.75) is 52.0 Å². The summed E-state index contributed by atoms with van der Waals surface area (Å²) in [5.74, 6) is 0.231. The fourth-order valence-electron chi connectivity index (χ4n) is 3.86. The maximum atomic E-state index is 12.7. The molecular weight excluding hydrogens is 334 g/mol. The molecule has 0 spiro atoms. The van der Waals surface area contributed by atoms with Crippen molar-refractivity contribution in [3.05, 3.63) is 59.9 Å². The predicted molar refractivity (Wildman–Crippen MR) is 111 cm³/mol. The van der Waals surface area contributed by atoms with Gasteiger partial charge in [0.25, 0.3) is 0 Å². The van der Waals surface area contributed by atoms with Gasteiger partial charge in [-0.25, -0.2) is 0 Å². The van der Waals surface area contributed by atoms with E-state index in [1.807, 2.05) is 19.3 Å². The minimum atomic E-state index is 0.231. The Kier molecular flexibility index (Phi) is 6.99. The Morgan fingerprint density at radius 3 is 2.30 bits per heavy atom. The SMILES string of the molecule is CCC(=O)N(c1ccc(CC)cc1)C1CCN(CCc2ccncc2)CC1. The molecule has 1 amide bonds. The number of carbonyl (C=O) groups excluding carboxylic acids is 1. The van der Waals surface area contributed by atoms with E-state index >= 15 is 0 Å². The average molecular weight is 366 g/mol. The molecule has 1 aromatic heterocycles. The molecule has 1 aliphatic heterocycles. The van der Waals surface area contributed by atoms with Crippen molar-refractivity contribution >= 4 is 11.6 Å². The summed E-state index contributed by atoms with van der Waals surface area (Å²) in [7, 11) is 0. The largest absolute Gasteiger partial charge is 0.309 e. The molecule has 0 unspecified atom stereocenters. The van der Waals surface area contributed by atoms with E-state index in [-0.39, 0.29) is 5.91 Å². The van der Waals surface area contributed by atoms with Crippen molar-refractivity contribution in [2.75, 3.05) is 24.5 Å². The number of aryl methyl sites for hydroxylation is 1. The highest BCUT2D eigenvalue weighted by atomic mass is 16.2. The number of piperidine rings is 1. The number of rotatable bonds is 7. The molecule has 2 heterocycles. The average Bonchev–Trinajstić information content (AvgIpc) is 2.74. The van der Waals surface area contributed by atoms with Crippen LogP contribution in [0.15, 0.2) is 48.8 Å². The molecule has 1 fully saturated rings. The van der Waals surface area contributed by atoms with E-state index in [0.717, 1.165) is 51.0 Å². The standard InChI is InChI=1S/C23H31N3O/c1-3-19-5-7-21(8-6-19)26(23(27)4-2)22-12-17-25(18-13-22)16-11-20-9-14-24-15-10-20/h5-10,14-15,22H,3-4,11-13,16-18H2,1-2H3. The van der Waals surface area contributed by atoms with Crippen molar-refractivity contribution in [3.8, 4) is 0 Å². The monoisotopic (exact) mass is 365 g/mol. The van der Waals surface area contributed by atoms with Crippen LogP contribution in [0.25, 0.3) is 0 Å². The van der Waals surface area contributed by atoms with E-state index in [9.17, 15) is 4.79 Å². The third-order valence-corrected chi connectivity index (χ3v) is 5.58. The Morgan fingerprint density at radius 1 is 1.04 bits per heavy atom. The molecule has 0 aliphatic carbocycles. The predicted octanol–water partition coefficient (Wildman–Crippen LogP) is 4.09. The van der Waals surface area contributed by atoms with Gasteiger partial charge < -0.3 is 9.80 Å². The lowest BCUT2D eigenvalue weighted by molar-refractivity contribution is -0.119. The first-order valence-corrected chi connectivity index (χ1v) is 10.2. The van der Waals surface area contributed by atoms with Crippen LogP contribution in [0.4, 0.5) is 5.69 Å². The lowest BCUT2D eigenvalue weighted by atomic mass is 10.0. The van der Waals surface area contributed by atoms with Crippen LogP contribution in [0, 0.1) is 0 Å². The second kappa shape index (κ2) is 9.65. The first kappa shape index (κ1) is 19.6. The number of anilines is 1. The molecule has 1 aliphatic rings. The van der Waals surface area contributed by atoms with Crippen LogP contribution in [-0.2, 0) is 17.6 Å². The van der Waals surface area contributed by atoms with Gasteiger partial charge in [0.15, 0.2) is 0 Å². The molecule has 1 aromatic carbocycles. The highest BCUT2D eigenvalue weighted by Crippen LogP contribution is 2.25. The molecule has 0 saturated carbocycles. The molecule has 0 radical (unpaired) electrons. The second-order valence-corrected chi connectivity index (χ2v) is 7.32. The van der Waals surface area contributed by atoms with Gasteiger partial charge >= 0.3 is 0 Å². The van der Waals surface area contributed by atoms with Gasteiger partial charge in [-0.05, 0) is 61.1 Å². The smallest absolute Gasteiger partial charge is 0.226 e. The number of hydrogen-bond acceptors (Lipinski definition) is 3. The molecule has 4 nitrogen and oxygen atoms in total. The van der Waals surface area contributed by atoms with Gasteiger partial charge in [-0.3, -0.25) is 9.78 Å². The first-order valence-electron chi connectivity index (χ1n) is 10.2. The van der Waals surface area contributed by atoms with E-state index in [2.05, 4.69) is 58.1 Å². The summed E-state index contributed by atoms with van der Waals surface area (Å²) >= 11 is 0. The van der Waals surface area contributed by atoms with Crippen molar-refractivity contribution in [3.63, 3.8) is 0 Å². The van der Waals surface area contributed by atoms with Crippen molar-refractivity contribution in [1.82, 2.24) is 9.88 Å². The number of amides is 1. The molecule has 4 heteroatoms. The molecular formula is C23H31N3O. The topological polar surface area (TPSA) is 36.4 Å². The molecule has 27 heavy (non-hydrogen) atoms. The fraction of sp³-hybridized carbons (Fsp3) is 0.478. The Balaban J connectivity index is 1.59. The van der Waals surface area contributed by atoms with Crippen LogP contribution in [0.3, 0.4) is 0 Å². The van der Waals surface area contributed by atoms with E-state index in [1.54, 1.807) is 0 Å². The highest BCUT2D eigenvalue weighted by molar-refractivity contribution is 5.93. The molecule has 1 saturated heterocycles. The summed E-state index contributed by atoms with van der Waals surface area (Å²) in [5.41, 5.74) is 3.70. The third kappa shape index (κ3) is 5.16. The summed E-state index contributed by atoms with van der Waals surface area (Å²) in [5, 5.41) is 0. The summed E-state index contributed by atoms with van der Waals surface area (Å²) < 4.78 is 0. The van der Waals surface area contributed by atoms with E-state index in [0.29, 0.717) is 12.5 Å². The van der Waals surface area contributed by atoms with Crippen LogP contribution in [-0.4, -0.2) is 41.5 Å². The first-order chi connectivity index (χ1) is 13.2. The Hall–Kier alpha value is -2.20. The number of likely N-dealkylation sites (tertiary alicyclic amines) is 1. The lowest BCUT2D eigenvalue weighted by Crippen LogP contribution is -2.47. The Morgan fingerprint density at radius 2 is 1.70 bits per heavy atom. The van der Waals surface area contributed by atoms with Crippen molar-refractivity contribution in [1.29, 1.82) is 0 Å². The summed E-state index contributed by atoms with van der Waals surface area (Å²) in [6, 6.07) is 13.0. The van der Waals surface area contributed by atoms with Crippen LogP contribution >= 0.6 is 0 Å². The number of nitrogens with zero attached hydrogens (tertiary/aromatic N) is 3. The number of hydrogen-bond donors (Lipinski definition) is 0. The normalized spacial score (nSPS) is 15.6. The summed E-state index contributed by atoms with van der Waals surface area (Å²) in [6.07, 6.45) is 8.44. The van der Waals surface area contributed by atoms with Crippen LogP contribution in [0.5, 0.6) is 0 Å². The van der Waals surface area contributed by atoms with Gasteiger partial charge in [0, 0.05) is 50.2 Å². The zero-order valence-corrected chi connectivity index (χ0v) is 16.6. The molecule has 0 N–H and O–H groups in total. The lowest BCUT2D eigenvalue weighted by Gasteiger charge is -2.38. The van der Waals surface area contributed by atoms with E-state index < -0.39 is 0 Å². The van der Waals surface area contributed by atoms with Crippen LogP contribution < -0.4 is 4.90 Å². The number of benzene rings is 1. The zero-order chi connectivity index (χ0) is 19.1. The minimum Gasteiger partial charge on any atom is -0.309 e. The summed E-state index contributed by atoms with van der Waals surface area (Å²) in [4.78, 5) is 21.3. The van der Waals surface area contributed by atoms with Gasteiger partial charge in [-0.1, -0.05) is 26.0 Å². The zero-order valence-electron chi connectivity index (χ0n) is 16.6. The maximum Gasteiger partial charge on any atom is 0.226 e. The Labute approximate surface area is 163 Å². The minimum absolute atomic E-state index is 0.231. The van der Waals surface area contributed by atoms with Gasteiger partial charge in [0.2, 0.25) is 5.91 Å². The second-order valence-electron chi connectivity index (χ2n) is 7.32. The molecule has 0 bridgehead atoms.